The Morgan fingerprint density at radius 3 is 3.42 bits per heavy atom. The first kappa shape index (κ1) is 7.13. The molecule has 1 aliphatic rings. The third-order valence-corrected chi connectivity index (χ3v) is 2.13. The van der Waals surface area contributed by atoms with E-state index in [1.54, 1.807) is 6.20 Å². The van der Waals surface area contributed by atoms with Crippen molar-refractivity contribution in [3.05, 3.63) is 29.6 Å². The van der Waals surface area contributed by atoms with E-state index < -0.39 is 0 Å². The molecule has 4 nitrogen and oxygen atoms in total. The molecule has 0 saturated carbocycles. The van der Waals surface area contributed by atoms with Crippen LogP contribution >= 0.6 is 0 Å². The molecule has 0 unspecified atom stereocenters. The Morgan fingerprint density at radius 2 is 2.58 bits per heavy atom. The third kappa shape index (κ3) is 1.02. The summed E-state index contributed by atoms with van der Waals surface area (Å²) in [6.45, 7) is 0. The molecule has 4 heteroatoms. The van der Waals surface area contributed by atoms with E-state index in [9.17, 15) is 0 Å². The summed E-state index contributed by atoms with van der Waals surface area (Å²) in [6.07, 6.45) is 3.71. The lowest BCUT2D eigenvalue weighted by Gasteiger charge is -1.95. The van der Waals surface area contributed by atoms with E-state index in [1.807, 2.05) is 6.07 Å². The number of pyridine rings is 1. The minimum atomic E-state index is 0.0266. The molecule has 1 atom stereocenters. The quantitative estimate of drug-likeness (QED) is 0.493. The summed E-state index contributed by atoms with van der Waals surface area (Å²) in [4.78, 5) is 7.27. The van der Waals surface area contributed by atoms with E-state index in [0.717, 1.165) is 18.5 Å². The van der Waals surface area contributed by atoms with Gasteiger partial charge in [-0.2, -0.15) is 0 Å². The van der Waals surface area contributed by atoms with Gasteiger partial charge in [-0.05, 0) is 24.5 Å². The molecule has 0 bridgehead atoms. The van der Waals surface area contributed by atoms with Gasteiger partial charge in [0.15, 0.2) is 6.04 Å². The maximum absolute atomic E-state index is 6.64. The minimum Gasteiger partial charge on any atom is -0.258 e. The van der Waals surface area contributed by atoms with Gasteiger partial charge in [0, 0.05) is 6.20 Å². The van der Waals surface area contributed by atoms with Crippen LogP contribution in [0.15, 0.2) is 23.4 Å². The summed E-state index contributed by atoms with van der Waals surface area (Å²) in [5.41, 5.74) is 8.88. The molecule has 0 amide bonds. The van der Waals surface area contributed by atoms with Crippen LogP contribution in [0.3, 0.4) is 0 Å². The molecule has 12 heavy (non-hydrogen) atoms. The summed E-state index contributed by atoms with van der Waals surface area (Å²) in [5, 5.41) is 3.79. The average molecular weight is 161 g/mol. The largest absolute Gasteiger partial charge is 0.258 e. The van der Waals surface area contributed by atoms with Gasteiger partial charge in [0.2, 0.25) is 4.91 Å². The van der Waals surface area contributed by atoms with Gasteiger partial charge >= 0.3 is 0 Å². The number of aromatic nitrogens is 1. The highest BCUT2D eigenvalue weighted by Crippen LogP contribution is 2.31. The molecule has 1 aromatic rings. The zero-order valence-electron chi connectivity index (χ0n) is 6.57. The van der Waals surface area contributed by atoms with Crippen LogP contribution in [0, 0.1) is 5.53 Å². The smallest absolute Gasteiger partial charge is 0.214 e. The number of nitrogens with one attached hydrogen (secondary N) is 1. The molecule has 2 rings (SSSR count). The predicted molar refractivity (Wildman–Crippen MR) is 42.6 cm³/mol. The van der Waals surface area contributed by atoms with E-state index in [2.05, 4.69) is 21.1 Å². The normalized spacial score (nSPS) is 19.8. The van der Waals surface area contributed by atoms with Gasteiger partial charge in [0.1, 0.15) is 10.6 Å². The van der Waals surface area contributed by atoms with Crippen LogP contribution in [0.4, 0.5) is 0 Å². The minimum absolute atomic E-state index is 0.0266. The topological polar surface area (TPSA) is 63.2 Å². The fourth-order valence-electron chi connectivity index (χ4n) is 1.57. The van der Waals surface area contributed by atoms with Crippen molar-refractivity contribution in [3.63, 3.8) is 0 Å². The van der Waals surface area contributed by atoms with Crippen molar-refractivity contribution >= 4 is 0 Å². The Bertz CT molecular complexity index is 341. The average Bonchev–Trinajstić information content (AvgIpc) is 2.50. The maximum atomic E-state index is 6.64. The van der Waals surface area contributed by atoms with Gasteiger partial charge in [0.25, 0.3) is 0 Å². The summed E-state index contributed by atoms with van der Waals surface area (Å²) in [5.74, 6) is 0. The number of nitrogens with zero attached hydrogens (tertiary/aromatic N) is 3. The highest BCUT2D eigenvalue weighted by molar-refractivity contribution is 5.27. The molecule has 1 aliphatic carbocycles. The first-order chi connectivity index (χ1) is 5.92. The van der Waals surface area contributed by atoms with Crippen LogP contribution in [0.1, 0.15) is 23.7 Å². The Morgan fingerprint density at radius 1 is 1.67 bits per heavy atom. The van der Waals surface area contributed by atoms with Crippen molar-refractivity contribution in [2.45, 2.75) is 18.9 Å². The fraction of sp³-hybridized carbons (Fsp3) is 0.375. The molecular formula is C8H9N4+. The second kappa shape index (κ2) is 2.83. The van der Waals surface area contributed by atoms with E-state index in [0.29, 0.717) is 0 Å². The summed E-state index contributed by atoms with van der Waals surface area (Å²) in [7, 11) is 0. The first-order valence-corrected chi connectivity index (χ1v) is 3.92. The zero-order valence-corrected chi connectivity index (χ0v) is 6.57. The standard InChI is InChI=1S/C8H9N4/c9-12-11-7-4-3-6-2-1-5-10-8(6)7/h1-2,5,7,9H,3-4H2/q+1/t7-/m0/s1. The van der Waals surface area contributed by atoms with Crippen LogP contribution < -0.4 is 4.91 Å². The zero-order chi connectivity index (χ0) is 8.39. The van der Waals surface area contributed by atoms with Crippen LogP contribution in [0.5, 0.6) is 0 Å². The van der Waals surface area contributed by atoms with Gasteiger partial charge < -0.3 is 0 Å². The molecule has 1 N–H and O–H groups in total. The Kier molecular flexibility index (Phi) is 1.68. The van der Waals surface area contributed by atoms with E-state index >= 15 is 0 Å². The lowest BCUT2D eigenvalue weighted by molar-refractivity contribution is 0.639. The molecule has 0 aliphatic heterocycles. The molecular weight excluding hydrogens is 152 g/mol. The molecule has 0 radical (unpaired) electrons. The van der Waals surface area contributed by atoms with Gasteiger partial charge in [-0.3, -0.25) is 4.98 Å². The van der Waals surface area contributed by atoms with Crippen molar-refractivity contribution in [1.82, 2.24) is 9.90 Å². The molecule has 60 valence electrons. The van der Waals surface area contributed by atoms with Gasteiger partial charge in [0.05, 0.1) is 5.69 Å². The monoisotopic (exact) mass is 161 g/mol. The molecule has 0 aromatic carbocycles. The summed E-state index contributed by atoms with van der Waals surface area (Å²) in [6, 6.07) is 4.01. The molecule has 1 aromatic heterocycles. The van der Waals surface area contributed by atoms with Crippen molar-refractivity contribution in [1.29, 1.82) is 5.53 Å². The summed E-state index contributed by atoms with van der Waals surface area (Å²) >= 11 is 0. The number of fused-ring (bicyclic) bond motifs is 1. The fourth-order valence-corrected chi connectivity index (χ4v) is 1.57. The highest BCUT2D eigenvalue weighted by Gasteiger charge is 2.26. The molecule has 0 fully saturated rings. The lowest BCUT2D eigenvalue weighted by atomic mass is 10.2. The van der Waals surface area contributed by atoms with E-state index in [-0.39, 0.29) is 6.04 Å². The predicted octanol–water partition coefficient (Wildman–Crippen LogP) is 1.62. The Balaban J connectivity index is 2.42. The lowest BCUT2D eigenvalue weighted by Crippen LogP contribution is -1.92. The second-order valence-corrected chi connectivity index (χ2v) is 2.82. The van der Waals surface area contributed by atoms with Crippen LogP contribution in [-0.2, 0) is 6.42 Å². The van der Waals surface area contributed by atoms with E-state index in [1.165, 1.54) is 5.56 Å². The number of aryl methyl sites for hydroxylation is 1. The number of hydrogen-bond donors (Lipinski definition) is 1. The van der Waals surface area contributed by atoms with Crippen molar-refractivity contribution < 1.29 is 0 Å². The first-order valence-electron chi connectivity index (χ1n) is 3.92. The van der Waals surface area contributed by atoms with Gasteiger partial charge in [-0.25, -0.2) is 0 Å². The molecule has 1 heterocycles. The van der Waals surface area contributed by atoms with Crippen LogP contribution in [-0.4, -0.2) is 4.98 Å². The SMILES string of the molecule is N=[N+]=N[C@H]1CCc2cccnc21. The Hall–Kier alpha value is -1.54. The van der Waals surface area contributed by atoms with Gasteiger partial charge in [-0.15, -0.1) is 0 Å². The second-order valence-electron chi connectivity index (χ2n) is 2.82. The number of hydrogen-bond acceptors (Lipinski definition) is 3. The van der Waals surface area contributed by atoms with Crippen LogP contribution in [0.25, 0.3) is 0 Å². The van der Waals surface area contributed by atoms with Crippen molar-refractivity contribution in [2.75, 3.05) is 0 Å². The molecule has 0 spiro atoms. The van der Waals surface area contributed by atoms with Crippen molar-refractivity contribution in [2.24, 2.45) is 5.11 Å². The third-order valence-electron chi connectivity index (χ3n) is 2.13. The Labute approximate surface area is 69.9 Å². The summed E-state index contributed by atoms with van der Waals surface area (Å²) < 4.78 is 0. The van der Waals surface area contributed by atoms with Gasteiger partial charge in [-0.1, -0.05) is 6.07 Å². The number of rotatable bonds is 1. The van der Waals surface area contributed by atoms with E-state index in [4.69, 9.17) is 5.53 Å². The van der Waals surface area contributed by atoms with Crippen LogP contribution in [0.2, 0.25) is 0 Å². The molecule has 0 saturated heterocycles. The highest BCUT2D eigenvalue weighted by atomic mass is 15.2. The van der Waals surface area contributed by atoms with Crippen molar-refractivity contribution in [3.8, 4) is 0 Å². The maximum Gasteiger partial charge on any atom is 0.214 e.